The maximum absolute atomic E-state index is 13.8. The van der Waals surface area contributed by atoms with Crippen LogP contribution in [-0.2, 0) is 25.7 Å². The topological polar surface area (TPSA) is 154 Å². The largest absolute Gasteiger partial charge is 0.490 e. The molecule has 0 bridgehead atoms. The fraction of sp³-hybridized carbons (Fsp3) is 0.449. The highest BCUT2D eigenvalue weighted by molar-refractivity contribution is 6.33. The minimum absolute atomic E-state index is 0.0685. The monoisotopic (exact) mass is 873 g/mol. The summed E-state index contributed by atoms with van der Waals surface area (Å²) in [6, 6.07) is 23.4. The number of hydrogen-bond acceptors (Lipinski definition) is 10. The maximum atomic E-state index is 13.8. The number of amides is 4. The van der Waals surface area contributed by atoms with E-state index >= 15 is 0 Å². The van der Waals surface area contributed by atoms with E-state index in [9.17, 15) is 24.0 Å². The lowest BCUT2D eigenvalue weighted by Gasteiger charge is -2.37. The van der Waals surface area contributed by atoms with Crippen LogP contribution < -0.4 is 15.4 Å². The molecule has 0 spiro atoms. The highest BCUT2D eigenvalue weighted by atomic mass is 35.5. The Hall–Kier alpha value is -5.66. The molecule has 4 aromatic rings. The van der Waals surface area contributed by atoms with Crippen LogP contribution in [-0.4, -0.2) is 106 Å². The van der Waals surface area contributed by atoms with Gasteiger partial charge in [-0.05, 0) is 92.4 Å². The van der Waals surface area contributed by atoms with E-state index in [0.717, 1.165) is 67.1 Å². The molecule has 0 radical (unpaired) electrons. The zero-order valence-electron chi connectivity index (χ0n) is 35.8. The van der Waals surface area contributed by atoms with E-state index in [2.05, 4.69) is 39.9 Å². The molecule has 13 nitrogen and oxygen atoms in total. The summed E-state index contributed by atoms with van der Waals surface area (Å²) in [5.41, 5.74) is 5.04. The second-order valence-electron chi connectivity index (χ2n) is 17.6. The lowest BCUT2D eigenvalue weighted by Crippen LogP contribution is -2.51. The van der Waals surface area contributed by atoms with Crippen LogP contribution in [0.2, 0.25) is 5.02 Å². The average Bonchev–Trinajstić information content (AvgIpc) is 3.30. The van der Waals surface area contributed by atoms with Crippen molar-refractivity contribution >= 4 is 47.5 Å². The van der Waals surface area contributed by atoms with Crippen molar-refractivity contribution in [3.05, 3.63) is 95.1 Å². The van der Waals surface area contributed by atoms with Crippen molar-refractivity contribution in [2.24, 2.45) is 11.8 Å². The molecule has 1 saturated carbocycles. The van der Waals surface area contributed by atoms with E-state index in [-0.39, 0.29) is 54.0 Å². The van der Waals surface area contributed by atoms with Crippen molar-refractivity contribution in [3.63, 3.8) is 0 Å². The minimum atomic E-state index is -0.453. The lowest BCUT2D eigenvalue weighted by atomic mass is 9.84. The van der Waals surface area contributed by atoms with Gasteiger partial charge in [-0.3, -0.25) is 34.2 Å². The number of carbonyl (C=O) groups excluding carboxylic acids is 5. The van der Waals surface area contributed by atoms with Gasteiger partial charge in [0.1, 0.15) is 18.1 Å². The Kier molecular flexibility index (Phi) is 14.1. The molecule has 4 heterocycles. The number of nitrogens with one attached hydrogen (secondary N) is 2. The van der Waals surface area contributed by atoms with Gasteiger partial charge in [-0.25, -0.2) is 9.97 Å². The second kappa shape index (κ2) is 20.2. The van der Waals surface area contributed by atoms with Gasteiger partial charge in [0.15, 0.2) is 0 Å². The molecule has 3 aromatic carbocycles. The summed E-state index contributed by atoms with van der Waals surface area (Å²) < 4.78 is 6.35. The Morgan fingerprint density at radius 3 is 2.40 bits per heavy atom. The van der Waals surface area contributed by atoms with E-state index < -0.39 is 6.04 Å². The number of anilines is 1. The first-order chi connectivity index (χ1) is 30.6. The van der Waals surface area contributed by atoms with Crippen LogP contribution in [0.4, 0.5) is 5.95 Å². The van der Waals surface area contributed by atoms with Gasteiger partial charge in [0.2, 0.25) is 29.6 Å². The predicted octanol–water partition coefficient (Wildman–Crippen LogP) is 7.18. The molecular formula is C49H56ClN7O6. The second-order valence-corrected chi connectivity index (χ2v) is 18.0. The van der Waals surface area contributed by atoms with E-state index in [1.165, 1.54) is 0 Å². The number of aromatic nitrogens is 2. The zero-order chi connectivity index (χ0) is 43.9. The van der Waals surface area contributed by atoms with Gasteiger partial charge in [-0.1, -0.05) is 66.6 Å². The third kappa shape index (κ3) is 10.9. The van der Waals surface area contributed by atoms with Crippen LogP contribution in [0, 0.1) is 11.8 Å². The van der Waals surface area contributed by atoms with Crippen molar-refractivity contribution in [2.45, 2.75) is 95.4 Å². The predicted molar refractivity (Wildman–Crippen MR) is 241 cm³/mol. The first-order valence-corrected chi connectivity index (χ1v) is 22.8. The number of ether oxygens (including phenoxy) is 1. The van der Waals surface area contributed by atoms with E-state index in [4.69, 9.17) is 21.3 Å². The number of benzene rings is 3. The Balaban J connectivity index is 0.772. The molecule has 14 heteroatoms. The van der Waals surface area contributed by atoms with E-state index in [0.29, 0.717) is 86.4 Å². The third-order valence-corrected chi connectivity index (χ3v) is 13.5. The van der Waals surface area contributed by atoms with Crippen molar-refractivity contribution in [1.29, 1.82) is 0 Å². The van der Waals surface area contributed by atoms with Gasteiger partial charge in [0.05, 0.1) is 23.0 Å². The fourth-order valence-electron chi connectivity index (χ4n) is 9.64. The molecule has 3 saturated heterocycles. The summed E-state index contributed by atoms with van der Waals surface area (Å²) in [6.07, 6.45) is 10.1. The molecule has 4 fully saturated rings. The molecule has 3 unspecified atom stereocenters. The maximum Gasteiger partial charge on any atom is 0.243 e. The van der Waals surface area contributed by atoms with E-state index in [1.807, 2.05) is 58.1 Å². The molecule has 4 aliphatic rings. The van der Waals surface area contributed by atoms with Gasteiger partial charge in [-0.15, -0.1) is 0 Å². The summed E-state index contributed by atoms with van der Waals surface area (Å²) in [5.74, 6) is 1.10. The quantitative estimate of drug-likeness (QED) is 0.104. The van der Waals surface area contributed by atoms with Gasteiger partial charge in [-0.2, -0.15) is 0 Å². The van der Waals surface area contributed by atoms with Crippen molar-refractivity contribution < 1.29 is 28.7 Å². The smallest absolute Gasteiger partial charge is 0.243 e. The summed E-state index contributed by atoms with van der Waals surface area (Å²) >= 11 is 6.62. The standard InChI is InChI=1S/C49H56ClN7O6/c1-55(43-15-16-44(59)53-47(43)61)30-38-28-41(14-13-37(38)31-58)63-40-19-23-56(24-20-40)45(60)25-32-17-21-57(22-18-32)48(62)36-11-6-12-39(27-36)52-49-51-29-42(50)46(54-49)35-10-5-9-34(26-35)33-7-3-2-4-8-33/h2-5,7-10,13-14,26,28-29,31-32,36,39-40,43H,6,11-12,15-25,27,30H2,1H3,(H,51,52,54)(H,53,59,61). The lowest BCUT2D eigenvalue weighted by molar-refractivity contribution is -0.139. The fourth-order valence-corrected chi connectivity index (χ4v) is 9.84. The van der Waals surface area contributed by atoms with Gasteiger partial charge in [0, 0.05) is 81.5 Å². The highest BCUT2D eigenvalue weighted by Gasteiger charge is 2.34. The molecule has 63 heavy (non-hydrogen) atoms. The molecule has 4 amide bonds. The molecule has 8 rings (SSSR count). The van der Waals surface area contributed by atoms with Gasteiger partial charge < -0.3 is 19.9 Å². The number of aldehydes is 1. The molecule has 3 aliphatic heterocycles. The highest BCUT2D eigenvalue weighted by Crippen LogP contribution is 2.33. The van der Waals surface area contributed by atoms with Gasteiger partial charge >= 0.3 is 0 Å². The van der Waals surface area contributed by atoms with E-state index in [1.54, 1.807) is 18.3 Å². The number of rotatable bonds is 13. The molecule has 1 aromatic heterocycles. The van der Waals surface area contributed by atoms with Crippen molar-refractivity contribution in [3.8, 4) is 28.1 Å². The SMILES string of the molecule is CN(Cc1cc(OC2CCN(C(=O)CC3CCN(C(=O)C4CCCC(Nc5ncc(Cl)c(-c6cccc(-c7ccccc7)c6)n5)C4)CC3)CC2)ccc1C=O)C1CCC(=O)NC1=O. The number of nitrogens with zero attached hydrogens (tertiary/aromatic N) is 5. The molecule has 1 aliphatic carbocycles. The third-order valence-electron chi connectivity index (χ3n) is 13.2. The van der Waals surface area contributed by atoms with Crippen molar-refractivity contribution in [2.75, 3.05) is 38.5 Å². The zero-order valence-corrected chi connectivity index (χ0v) is 36.6. The number of likely N-dealkylation sites (N-methyl/N-ethyl adjacent to an activating group) is 1. The number of likely N-dealkylation sites (tertiary alicyclic amines) is 2. The van der Waals surface area contributed by atoms with Crippen LogP contribution in [0.25, 0.3) is 22.4 Å². The van der Waals surface area contributed by atoms with Crippen LogP contribution in [0.3, 0.4) is 0 Å². The first kappa shape index (κ1) is 44.0. The Morgan fingerprint density at radius 1 is 0.889 bits per heavy atom. The average molecular weight is 874 g/mol. The van der Waals surface area contributed by atoms with Crippen molar-refractivity contribution in [1.82, 2.24) is 30.0 Å². The Bertz CT molecular complexity index is 2290. The van der Waals surface area contributed by atoms with Crippen LogP contribution in [0.1, 0.15) is 86.6 Å². The summed E-state index contributed by atoms with van der Waals surface area (Å²) in [4.78, 5) is 78.3. The summed E-state index contributed by atoms with van der Waals surface area (Å²) in [5, 5.41) is 6.39. The number of piperidine rings is 3. The minimum Gasteiger partial charge on any atom is -0.490 e. The first-order valence-electron chi connectivity index (χ1n) is 22.4. The summed E-state index contributed by atoms with van der Waals surface area (Å²) in [6.45, 7) is 2.91. The number of imide groups is 1. The van der Waals surface area contributed by atoms with Crippen LogP contribution in [0.15, 0.2) is 79.0 Å². The normalized spacial score (nSPS) is 21.2. The Morgan fingerprint density at radius 2 is 1.63 bits per heavy atom. The number of carbonyl (C=O) groups is 5. The summed E-state index contributed by atoms with van der Waals surface area (Å²) in [7, 11) is 1.81. The molecular weight excluding hydrogens is 818 g/mol. The van der Waals surface area contributed by atoms with Gasteiger partial charge in [0.25, 0.3) is 0 Å². The number of halogens is 1. The number of hydrogen-bond donors (Lipinski definition) is 2. The molecule has 2 N–H and O–H groups in total. The Labute approximate surface area is 373 Å². The van der Waals surface area contributed by atoms with Crippen LogP contribution >= 0.6 is 11.6 Å². The van der Waals surface area contributed by atoms with Crippen LogP contribution in [0.5, 0.6) is 5.75 Å². The molecule has 3 atom stereocenters. The molecule has 330 valence electrons.